The van der Waals surface area contributed by atoms with Crippen molar-refractivity contribution in [3.05, 3.63) is 0 Å². The van der Waals surface area contributed by atoms with Crippen LogP contribution in [0, 0.1) is 29.6 Å². The highest BCUT2D eigenvalue weighted by atomic mass is 15.2. The fraction of sp³-hybridized carbons (Fsp3) is 0.933. The fourth-order valence-corrected chi connectivity index (χ4v) is 5.55. The van der Waals surface area contributed by atoms with Crippen molar-refractivity contribution in [3.63, 3.8) is 0 Å². The predicted octanol–water partition coefficient (Wildman–Crippen LogP) is 1.73. The highest BCUT2D eigenvalue weighted by Crippen LogP contribution is 2.57. The van der Waals surface area contributed by atoms with Gasteiger partial charge in [0.15, 0.2) is 0 Å². The largest absolute Gasteiger partial charge is 0.357 e. The standard InChI is InChI=1S/C15H25N3/c16-1-3-18-4-2-17-15(18)14-12-6-10-5-11(8-12)9-13(14)7-10/h10-14H,1-9,16H2. The Labute approximate surface area is 110 Å². The number of hydrogen-bond acceptors (Lipinski definition) is 3. The van der Waals surface area contributed by atoms with Gasteiger partial charge in [0.05, 0.1) is 6.54 Å². The Bertz CT molecular complexity index is 335. The van der Waals surface area contributed by atoms with Crippen LogP contribution in [0.15, 0.2) is 4.99 Å². The number of aliphatic imine (C=N–C) groups is 1. The van der Waals surface area contributed by atoms with E-state index in [9.17, 15) is 0 Å². The average Bonchev–Trinajstić information content (AvgIpc) is 2.76. The van der Waals surface area contributed by atoms with Gasteiger partial charge in [-0.1, -0.05) is 0 Å². The van der Waals surface area contributed by atoms with Crippen molar-refractivity contribution in [3.8, 4) is 0 Å². The van der Waals surface area contributed by atoms with Crippen LogP contribution < -0.4 is 5.73 Å². The summed E-state index contributed by atoms with van der Waals surface area (Å²) >= 11 is 0. The van der Waals surface area contributed by atoms with Crippen molar-refractivity contribution >= 4 is 5.84 Å². The third-order valence-corrected chi connectivity index (χ3v) is 5.89. The Morgan fingerprint density at radius 2 is 1.72 bits per heavy atom. The SMILES string of the molecule is NCCN1CCN=C1C1C2CC3CC(C2)CC1C3. The number of nitrogens with zero attached hydrogens (tertiary/aromatic N) is 2. The lowest BCUT2D eigenvalue weighted by atomic mass is 9.51. The zero-order chi connectivity index (χ0) is 12.1. The molecule has 0 saturated heterocycles. The first-order valence-electron chi connectivity index (χ1n) is 7.84. The molecule has 0 unspecified atom stereocenters. The van der Waals surface area contributed by atoms with Gasteiger partial charge in [0.1, 0.15) is 5.84 Å². The molecule has 5 rings (SSSR count). The van der Waals surface area contributed by atoms with E-state index in [1.165, 1.54) is 31.5 Å². The van der Waals surface area contributed by atoms with Gasteiger partial charge in [-0.15, -0.1) is 0 Å². The van der Waals surface area contributed by atoms with Crippen LogP contribution in [0.25, 0.3) is 0 Å². The quantitative estimate of drug-likeness (QED) is 0.825. The molecule has 0 spiro atoms. The predicted molar refractivity (Wildman–Crippen MR) is 73.5 cm³/mol. The summed E-state index contributed by atoms with van der Waals surface area (Å²) < 4.78 is 0. The third-order valence-electron chi connectivity index (χ3n) is 5.89. The van der Waals surface area contributed by atoms with E-state index in [0.29, 0.717) is 0 Å². The maximum Gasteiger partial charge on any atom is 0.103 e. The first kappa shape index (κ1) is 11.3. The first-order valence-corrected chi connectivity index (χ1v) is 7.84. The summed E-state index contributed by atoms with van der Waals surface area (Å²) in [5.41, 5.74) is 5.75. The molecule has 0 aromatic rings. The Balaban J connectivity index is 1.57. The molecular weight excluding hydrogens is 222 g/mol. The van der Waals surface area contributed by atoms with Gasteiger partial charge in [-0.05, 0) is 55.8 Å². The van der Waals surface area contributed by atoms with Crippen LogP contribution in [-0.2, 0) is 0 Å². The number of rotatable bonds is 3. The van der Waals surface area contributed by atoms with Crippen LogP contribution in [-0.4, -0.2) is 36.9 Å². The normalized spacial score (nSPS) is 45.7. The van der Waals surface area contributed by atoms with Crippen LogP contribution >= 0.6 is 0 Å². The average molecular weight is 247 g/mol. The van der Waals surface area contributed by atoms with E-state index < -0.39 is 0 Å². The zero-order valence-corrected chi connectivity index (χ0v) is 11.2. The van der Waals surface area contributed by atoms with Crippen LogP contribution in [0.5, 0.6) is 0 Å². The van der Waals surface area contributed by atoms with Gasteiger partial charge in [0, 0.05) is 25.6 Å². The second-order valence-electron chi connectivity index (χ2n) is 6.97. The van der Waals surface area contributed by atoms with Gasteiger partial charge in [-0.2, -0.15) is 0 Å². The van der Waals surface area contributed by atoms with Crippen LogP contribution in [0.2, 0.25) is 0 Å². The first-order chi connectivity index (χ1) is 8.85. The maximum atomic E-state index is 5.75. The van der Waals surface area contributed by atoms with Gasteiger partial charge >= 0.3 is 0 Å². The molecule has 1 aliphatic heterocycles. The van der Waals surface area contributed by atoms with Crippen molar-refractivity contribution in [2.45, 2.75) is 32.1 Å². The molecule has 4 fully saturated rings. The topological polar surface area (TPSA) is 41.6 Å². The molecule has 4 saturated carbocycles. The minimum absolute atomic E-state index is 0.770. The van der Waals surface area contributed by atoms with Gasteiger partial charge < -0.3 is 10.6 Å². The van der Waals surface area contributed by atoms with Crippen molar-refractivity contribution in [2.24, 2.45) is 40.3 Å². The lowest BCUT2D eigenvalue weighted by Crippen LogP contribution is -2.51. The Morgan fingerprint density at radius 1 is 1.06 bits per heavy atom. The van der Waals surface area contributed by atoms with Crippen LogP contribution in [0.3, 0.4) is 0 Å². The van der Waals surface area contributed by atoms with Crippen molar-refractivity contribution in [1.82, 2.24) is 4.90 Å². The Kier molecular flexibility index (Phi) is 2.65. The highest BCUT2D eigenvalue weighted by molar-refractivity contribution is 5.87. The van der Waals surface area contributed by atoms with Gasteiger partial charge in [0.2, 0.25) is 0 Å². The molecule has 0 atom stereocenters. The number of hydrogen-bond donors (Lipinski definition) is 1. The van der Waals surface area contributed by atoms with E-state index >= 15 is 0 Å². The summed E-state index contributed by atoms with van der Waals surface area (Å²) in [5, 5.41) is 0. The summed E-state index contributed by atoms with van der Waals surface area (Å²) in [4.78, 5) is 7.36. The summed E-state index contributed by atoms with van der Waals surface area (Å²) in [6.45, 7) is 3.92. The van der Waals surface area contributed by atoms with Gasteiger partial charge in [-0.25, -0.2) is 0 Å². The molecule has 0 radical (unpaired) electrons. The molecule has 3 nitrogen and oxygen atoms in total. The second kappa shape index (κ2) is 4.22. The van der Waals surface area contributed by atoms with Crippen molar-refractivity contribution in [1.29, 1.82) is 0 Å². The maximum absolute atomic E-state index is 5.75. The van der Waals surface area contributed by atoms with E-state index in [1.54, 1.807) is 6.42 Å². The number of nitrogens with two attached hydrogens (primary N) is 1. The van der Waals surface area contributed by atoms with E-state index in [-0.39, 0.29) is 0 Å². The van der Waals surface area contributed by atoms with E-state index in [2.05, 4.69) is 4.90 Å². The molecule has 2 N–H and O–H groups in total. The molecular formula is C15H25N3. The summed E-state index contributed by atoms with van der Waals surface area (Å²) in [6, 6.07) is 0. The van der Waals surface area contributed by atoms with Crippen molar-refractivity contribution < 1.29 is 0 Å². The molecule has 0 amide bonds. The molecule has 18 heavy (non-hydrogen) atoms. The zero-order valence-electron chi connectivity index (χ0n) is 11.2. The molecule has 4 bridgehead atoms. The smallest absolute Gasteiger partial charge is 0.103 e. The summed E-state index contributed by atoms with van der Waals surface area (Å²) in [5.74, 6) is 6.29. The van der Waals surface area contributed by atoms with Gasteiger partial charge in [-0.3, -0.25) is 4.99 Å². The number of amidine groups is 1. The monoisotopic (exact) mass is 247 g/mol. The third kappa shape index (κ3) is 1.63. The highest BCUT2D eigenvalue weighted by Gasteiger charge is 2.50. The van der Waals surface area contributed by atoms with Crippen LogP contribution in [0.4, 0.5) is 0 Å². The van der Waals surface area contributed by atoms with E-state index in [0.717, 1.165) is 55.8 Å². The minimum atomic E-state index is 0.770. The van der Waals surface area contributed by atoms with E-state index in [4.69, 9.17) is 10.7 Å². The Hall–Kier alpha value is -0.570. The molecule has 0 aromatic heterocycles. The van der Waals surface area contributed by atoms with Gasteiger partial charge in [0.25, 0.3) is 0 Å². The molecule has 4 aliphatic carbocycles. The lowest BCUT2D eigenvalue weighted by Gasteiger charge is -2.55. The molecule has 100 valence electrons. The van der Waals surface area contributed by atoms with Crippen molar-refractivity contribution in [2.75, 3.05) is 26.2 Å². The molecule has 1 heterocycles. The van der Waals surface area contributed by atoms with E-state index in [1.807, 2.05) is 0 Å². The summed E-state index contributed by atoms with van der Waals surface area (Å²) in [6.07, 6.45) is 7.51. The lowest BCUT2D eigenvalue weighted by molar-refractivity contribution is -0.0117. The second-order valence-corrected chi connectivity index (χ2v) is 6.97. The minimum Gasteiger partial charge on any atom is -0.357 e. The molecule has 3 heteroatoms. The van der Waals surface area contributed by atoms with Crippen LogP contribution in [0.1, 0.15) is 32.1 Å². The summed E-state index contributed by atoms with van der Waals surface area (Å²) in [7, 11) is 0. The molecule has 0 aromatic carbocycles. The fourth-order valence-electron chi connectivity index (χ4n) is 5.55. The molecule has 5 aliphatic rings. The Morgan fingerprint density at radius 3 is 2.33 bits per heavy atom.